The summed E-state index contributed by atoms with van der Waals surface area (Å²) in [6.45, 7) is 6.82. The van der Waals surface area contributed by atoms with Gasteiger partial charge in [0.1, 0.15) is 0 Å². The fourth-order valence-corrected chi connectivity index (χ4v) is 1.29. The number of aliphatic hydroxyl groups excluding tert-OH is 1. The molecule has 0 aliphatic heterocycles. The van der Waals surface area contributed by atoms with Crippen molar-refractivity contribution in [3.8, 4) is 0 Å². The van der Waals surface area contributed by atoms with E-state index in [2.05, 4.69) is 20.8 Å². The van der Waals surface area contributed by atoms with Crippen molar-refractivity contribution < 1.29 is 5.11 Å². The minimum absolute atomic E-state index is 0.145. The molecule has 0 saturated heterocycles. The highest BCUT2D eigenvalue weighted by Gasteiger charge is 2.14. The van der Waals surface area contributed by atoms with Gasteiger partial charge in [-0.25, -0.2) is 0 Å². The van der Waals surface area contributed by atoms with Crippen LogP contribution in [0.2, 0.25) is 0 Å². The van der Waals surface area contributed by atoms with Crippen molar-refractivity contribution >= 4 is 0 Å². The maximum atomic E-state index is 9.00. The molecule has 0 fully saturated rings. The van der Waals surface area contributed by atoms with Gasteiger partial charge in [-0.05, 0) is 11.8 Å². The summed E-state index contributed by atoms with van der Waals surface area (Å²) in [6.07, 6.45) is 7.79. The second-order valence-electron chi connectivity index (χ2n) is 4.49. The molecule has 0 aliphatic rings. The molecule has 0 aromatic rings. The fraction of sp³-hybridized carbons (Fsp3) is 1.00. The number of unbranched alkanes of at least 4 members (excludes halogenated alkanes) is 4. The molecular formula is C11H24O. The summed E-state index contributed by atoms with van der Waals surface area (Å²) in [7, 11) is 0. The molecule has 0 radical (unpaired) electrons. The molecular weight excluding hydrogens is 148 g/mol. The van der Waals surface area contributed by atoms with E-state index in [1.165, 1.54) is 32.1 Å². The number of rotatable bonds is 7. The Kier molecular flexibility index (Phi) is 6.45. The van der Waals surface area contributed by atoms with Gasteiger partial charge in [-0.3, -0.25) is 0 Å². The summed E-state index contributed by atoms with van der Waals surface area (Å²) in [4.78, 5) is 0. The molecule has 74 valence electrons. The van der Waals surface area contributed by atoms with Gasteiger partial charge in [0, 0.05) is 6.61 Å². The van der Waals surface area contributed by atoms with Crippen LogP contribution in [-0.2, 0) is 0 Å². The van der Waals surface area contributed by atoms with E-state index >= 15 is 0 Å². The van der Waals surface area contributed by atoms with Crippen LogP contribution in [0.4, 0.5) is 0 Å². The van der Waals surface area contributed by atoms with Crippen LogP contribution >= 0.6 is 0 Å². The molecule has 0 aromatic carbocycles. The Bertz CT molecular complexity index is 97.2. The van der Waals surface area contributed by atoms with Crippen molar-refractivity contribution in [3.05, 3.63) is 0 Å². The zero-order valence-electron chi connectivity index (χ0n) is 8.90. The number of hydrogen-bond acceptors (Lipinski definition) is 1. The Morgan fingerprint density at radius 3 is 2.08 bits per heavy atom. The molecule has 1 N–H and O–H groups in total. The third-order valence-electron chi connectivity index (χ3n) is 2.39. The van der Waals surface area contributed by atoms with E-state index in [1.54, 1.807) is 0 Å². The van der Waals surface area contributed by atoms with Crippen molar-refractivity contribution in [1.29, 1.82) is 0 Å². The molecule has 1 heteroatoms. The van der Waals surface area contributed by atoms with Gasteiger partial charge < -0.3 is 5.11 Å². The molecule has 0 spiro atoms. The standard InChI is InChI=1S/C11H24O/c1-4-5-6-7-8-9-11(2,3)10-12/h12H,4-10H2,1-3H3. The van der Waals surface area contributed by atoms with E-state index in [0.717, 1.165) is 6.42 Å². The van der Waals surface area contributed by atoms with Gasteiger partial charge in [-0.1, -0.05) is 52.9 Å². The van der Waals surface area contributed by atoms with Crippen LogP contribution in [0.3, 0.4) is 0 Å². The van der Waals surface area contributed by atoms with E-state index in [-0.39, 0.29) is 5.41 Å². The molecule has 0 aliphatic carbocycles. The van der Waals surface area contributed by atoms with E-state index in [9.17, 15) is 0 Å². The number of aliphatic hydroxyl groups is 1. The minimum Gasteiger partial charge on any atom is -0.396 e. The maximum Gasteiger partial charge on any atom is 0.0482 e. The van der Waals surface area contributed by atoms with Crippen LogP contribution in [0.25, 0.3) is 0 Å². The second-order valence-corrected chi connectivity index (χ2v) is 4.49. The van der Waals surface area contributed by atoms with Crippen molar-refractivity contribution in [2.24, 2.45) is 5.41 Å². The lowest BCUT2D eigenvalue weighted by molar-refractivity contribution is 0.147. The predicted molar refractivity (Wildman–Crippen MR) is 54.2 cm³/mol. The lowest BCUT2D eigenvalue weighted by Gasteiger charge is -2.20. The van der Waals surface area contributed by atoms with Crippen LogP contribution in [0.1, 0.15) is 59.3 Å². The van der Waals surface area contributed by atoms with Crippen molar-refractivity contribution in [2.45, 2.75) is 59.3 Å². The predicted octanol–water partition coefficient (Wildman–Crippen LogP) is 3.37. The molecule has 0 aromatic heterocycles. The highest BCUT2D eigenvalue weighted by Crippen LogP contribution is 2.22. The van der Waals surface area contributed by atoms with Crippen LogP contribution in [0.15, 0.2) is 0 Å². The van der Waals surface area contributed by atoms with Gasteiger partial charge in [0.25, 0.3) is 0 Å². The average Bonchev–Trinajstić information content (AvgIpc) is 2.04. The average molecular weight is 172 g/mol. The zero-order valence-corrected chi connectivity index (χ0v) is 8.90. The monoisotopic (exact) mass is 172 g/mol. The van der Waals surface area contributed by atoms with Crippen molar-refractivity contribution in [2.75, 3.05) is 6.61 Å². The number of hydrogen-bond donors (Lipinski definition) is 1. The molecule has 0 saturated carbocycles. The first-order valence-corrected chi connectivity index (χ1v) is 5.23. The molecule has 0 unspecified atom stereocenters. The van der Waals surface area contributed by atoms with Gasteiger partial charge in [0.05, 0.1) is 0 Å². The summed E-state index contributed by atoms with van der Waals surface area (Å²) in [5.41, 5.74) is 0.145. The summed E-state index contributed by atoms with van der Waals surface area (Å²) in [6, 6.07) is 0. The smallest absolute Gasteiger partial charge is 0.0482 e. The van der Waals surface area contributed by atoms with E-state index in [1.807, 2.05) is 0 Å². The molecule has 0 heterocycles. The van der Waals surface area contributed by atoms with Gasteiger partial charge in [0.2, 0.25) is 0 Å². The van der Waals surface area contributed by atoms with Crippen LogP contribution in [0, 0.1) is 5.41 Å². The molecule has 1 nitrogen and oxygen atoms in total. The Morgan fingerprint density at radius 2 is 1.58 bits per heavy atom. The van der Waals surface area contributed by atoms with Crippen LogP contribution in [-0.4, -0.2) is 11.7 Å². The highest BCUT2D eigenvalue weighted by molar-refractivity contribution is 4.66. The maximum absolute atomic E-state index is 9.00. The van der Waals surface area contributed by atoms with Crippen LogP contribution < -0.4 is 0 Å². The van der Waals surface area contributed by atoms with Crippen molar-refractivity contribution in [3.63, 3.8) is 0 Å². The molecule has 0 rings (SSSR count). The molecule has 0 amide bonds. The minimum atomic E-state index is 0.145. The summed E-state index contributed by atoms with van der Waals surface area (Å²) >= 11 is 0. The Balaban J connectivity index is 3.19. The third kappa shape index (κ3) is 6.66. The molecule has 0 atom stereocenters. The zero-order chi connectivity index (χ0) is 9.45. The Hall–Kier alpha value is -0.0400. The van der Waals surface area contributed by atoms with Gasteiger partial charge in [-0.2, -0.15) is 0 Å². The van der Waals surface area contributed by atoms with E-state index < -0.39 is 0 Å². The highest BCUT2D eigenvalue weighted by atomic mass is 16.3. The van der Waals surface area contributed by atoms with Gasteiger partial charge >= 0.3 is 0 Å². The lowest BCUT2D eigenvalue weighted by Crippen LogP contribution is -2.16. The SMILES string of the molecule is CCCCCCCC(C)(C)CO. The first kappa shape index (κ1) is 12.0. The largest absolute Gasteiger partial charge is 0.396 e. The first-order chi connectivity index (χ1) is 5.62. The van der Waals surface area contributed by atoms with E-state index in [4.69, 9.17) is 5.11 Å². The van der Waals surface area contributed by atoms with Gasteiger partial charge in [0.15, 0.2) is 0 Å². The quantitative estimate of drug-likeness (QED) is 0.584. The topological polar surface area (TPSA) is 20.2 Å². The fourth-order valence-electron chi connectivity index (χ4n) is 1.29. The summed E-state index contributed by atoms with van der Waals surface area (Å²) in [5, 5.41) is 9.00. The summed E-state index contributed by atoms with van der Waals surface area (Å²) < 4.78 is 0. The van der Waals surface area contributed by atoms with Crippen LogP contribution in [0.5, 0.6) is 0 Å². The molecule has 12 heavy (non-hydrogen) atoms. The first-order valence-electron chi connectivity index (χ1n) is 5.23. The van der Waals surface area contributed by atoms with E-state index in [0.29, 0.717) is 6.61 Å². The summed E-state index contributed by atoms with van der Waals surface area (Å²) in [5.74, 6) is 0. The molecule has 0 bridgehead atoms. The van der Waals surface area contributed by atoms with Gasteiger partial charge in [-0.15, -0.1) is 0 Å². The van der Waals surface area contributed by atoms with Crippen molar-refractivity contribution in [1.82, 2.24) is 0 Å². The Labute approximate surface area is 77.2 Å². The third-order valence-corrected chi connectivity index (χ3v) is 2.39. The second kappa shape index (κ2) is 6.47. The Morgan fingerprint density at radius 1 is 1.00 bits per heavy atom. The normalized spacial score (nSPS) is 12.0. The lowest BCUT2D eigenvalue weighted by atomic mass is 9.88.